The van der Waals surface area contributed by atoms with E-state index in [2.05, 4.69) is 9.97 Å². The molecule has 0 aliphatic carbocycles. The Kier molecular flexibility index (Phi) is 3.06. The van der Waals surface area contributed by atoms with Gasteiger partial charge in [-0.1, -0.05) is 17.7 Å². The number of nitrogens with two attached hydrogens (primary N) is 1. The molecule has 0 saturated carbocycles. The van der Waals surface area contributed by atoms with Crippen molar-refractivity contribution in [1.82, 2.24) is 9.97 Å². The predicted molar refractivity (Wildman–Crippen MR) is 65.4 cm³/mol. The normalized spacial score (nSPS) is 10.4. The van der Waals surface area contributed by atoms with E-state index in [0.717, 1.165) is 16.7 Å². The number of aromatic nitrogens is 2. The third-order valence-corrected chi connectivity index (χ3v) is 2.72. The van der Waals surface area contributed by atoms with Gasteiger partial charge in [0.2, 0.25) is 0 Å². The molecule has 0 atom stereocenters. The molecule has 0 radical (unpaired) electrons. The first kappa shape index (κ1) is 10.9. The lowest BCUT2D eigenvalue weighted by molar-refractivity contribution is 1.12. The van der Waals surface area contributed by atoms with Gasteiger partial charge in [-0.15, -0.1) is 0 Å². The molecule has 16 heavy (non-hydrogen) atoms. The quantitative estimate of drug-likeness (QED) is 0.868. The predicted octanol–water partition coefficient (Wildman–Crippen LogP) is 2.61. The number of pyridine rings is 2. The van der Waals surface area contributed by atoms with Crippen LogP contribution in [0.2, 0.25) is 5.02 Å². The molecule has 3 nitrogen and oxygen atoms in total. The second-order valence-electron chi connectivity index (χ2n) is 3.70. The number of rotatable bonds is 2. The van der Waals surface area contributed by atoms with Crippen LogP contribution >= 0.6 is 11.6 Å². The molecule has 0 fully saturated rings. The zero-order valence-corrected chi connectivity index (χ0v) is 9.70. The van der Waals surface area contributed by atoms with Crippen molar-refractivity contribution in [3.63, 3.8) is 0 Å². The van der Waals surface area contributed by atoms with Crippen molar-refractivity contribution >= 4 is 17.4 Å². The molecule has 4 heteroatoms. The lowest BCUT2D eigenvalue weighted by Crippen LogP contribution is -2.00. The zero-order valence-electron chi connectivity index (χ0n) is 8.94. The van der Waals surface area contributed by atoms with Crippen LogP contribution in [0, 0.1) is 6.92 Å². The summed E-state index contributed by atoms with van der Waals surface area (Å²) in [6.07, 6.45) is 5.80. The number of nitrogen functional groups attached to an aromatic ring is 1. The Morgan fingerprint density at radius 2 is 2.12 bits per heavy atom. The van der Waals surface area contributed by atoms with Crippen LogP contribution in [-0.4, -0.2) is 9.97 Å². The first-order valence-electron chi connectivity index (χ1n) is 4.96. The van der Waals surface area contributed by atoms with Crippen LogP contribution < -0.4 is 5.73 Å². The Morgan fingerprint density at radius 1 is 1.31 bits per heavy atom. The van der Waals surface area contributed by atoms with Crippen molar-refractivity contribution < 1.29 is 0 Å². The fourth-order valence-electron chi connectivity index (χ4n) is 1.53. The first-order chi connectivity index (χ1) is 7.66. The second kappa shape index (κ2) is 4.49. The van der Waals surface area contributed by atoms with Gasteiger partial charge in [-0.3, -0.25) is 4.98 Å². The van der Waals surface area contributed by atoms with Crippen molar-refractivity contribution in [2.24, 2.45) is 0 Å². The Bertz CT molecular complexity index is 511. The molecule has 0 aliphatic heterocycles. The van der Waals surface area contributed by atoms with Crippen LogP contribution in [0.1, 0.15) is 16.7 Å². The van der Waals surface area contributed by atoms with Crippen molar-refractivity contribution in [3.8, 4) is 0 Å². The van der Waals surface area contributed by atoms with Gasteiger partial charge in [-0.2, -0.15) is 0 Å². The van der Waals surface area contributed by atoms with Gasteiger partial charge < -0.3 is 5.73 Å². The largest absolute Gasteiger partial charge is 0.383 e. The van der Waals surface area contributed by atoms with Crippen LogP contribution in [0.25, 0.3) is 0 Å². The van der Waals surface area contributed by atoms with Crippen molar-refractivity contribution in [2.45, 2.75) is 13.3 Å². The van der Waals surface area contributed by atoms with Crippen LogP contribution in [0.5, 0.6) is 0 Å². The molecule has 82 valence electrons. The molecule has 2 aromatic rings. The lowest BCUT2D eigenvalue weighted by atomic mass is 10.1. The van der Waals surface area contributed by atoms with Gasteiger partial charge in [0.1, 0.15) is 5.82 Å². The van der Waals surface area contributed by atoms with Crippen LogP contribution in [0.4, 0.5) is 5.82 Å². The minimum absolute atomic E-state index is 0.554. The number of halogens is 1. The molecule has 0 spiro atoms. The first-order valence-corrected chi connectivity index (χ1v) is 5.34. The summed E-state index contributed by atoms with van der Waals surface area (Å²) in [6, 6.07) is 3.92. The second-order valence-corrected chi connectivity index (χ2v) is 4.11. The van der Waals surface area contributed by atoms with E-state index in [4.69, 9.17) is 17.3 Å². The van der Waals surface area contributed by atoms with Gasteiger partial charge in [-0.25, -0.2) is 4.98 Å². The zero-order chi connectivity index (χ0) is 11.5. The highest BCUT2D eigenvalue weighted by Gasteiger charge is 2.05. The fraction of sp³-hybridized carbons (Fsp3) is 0.167. The van der Waals surface area contributed by atoms with Crippen molar-refractivity contribution in [2.75, 3.05) is 5.73 Å². The number of anilines is 1. The molecule has 2 rings (SSSR count). The minimum Gasteiger partial charge on any atom is -0.383 e. The Balaban J connectivity index is 2.34. The summed E-state index contributed by atoms with van der Waals surface area (Å²) in [5.41, 5.74) is 8.91. The highest BCUT2D eigenvalue weighted by molar-refractivity contribution is 6.31. The maximum Gasteiger partial charge on any atom is 0.126 e. The van der Waals surface area contributed by atoms with Crippen molar-refractivity contribution in [1.29, 1.82) is 0 Å². The van der Waals surface area contributed by atoms with Gasteiger partial charge in [0.05, 0.1) is 5.02 Å². The molecular formula is C12H12ClN3. The van der Waals surface area contributed by atoms with E-state index in [1.807, 2.05) is 19.1 Å². The average molecular weight is 234 g/mol. The monoisotopic (exact) mass is 233 g/mol. The smallest absolute Gasteiger partial charge is 0.126 e. The summed E-state index contributed by atoms with van der Waals surface area (Å²) in [5.74, 6) is 0.554. The highest BCUT2D eigenvalue weighted by Crippen LogP contribution is 2.20. The van der Waals surface area contributed by atoms with E-state index in [0.29, 0.717) is 17.3 Å². The minimum atomic E-state index is 0.554. The molecule has 2 heterocycles. The Hall–Kier alpha value is -1.61. The van der Waals surface area contributed by atoms with Gasteiger partial charge in [0, 0.05) is 25.0 Å². The van der Waals surface area contributed by atoms with E-state index in [9.17, 15) is 0 Å². The van der Waals surface area contributed by atoms with Gasteiger partial charge in [0.25, 0.3) is 0 Å². The highest BCUT2D eigenvalue weighted by atomic mass is 35.5. The molecule has 0 saturated heterocycles. The SMILES string of the molecule is Cc1cnc(N)c(Cc2ccncc2Cl)c1. The molecule has 0 unspecified atom stereocenters. The van der Waals surface area contributed by atoms with E-state index in [1.54, 1.807) is 18.6 Å². The average Bonchev–Trinajstić information content (AvgIpc) is 2.27. The number of aryl methyl sites for hydroxylation is 1. The summed E-state index contributed by atoms with van der Waals surface area (Å²) in [5, 5.41) is 0.656. The summed E-state index contributed by atoms with van der Waals surface area (Å²) in [4.78, 5) is 8.07. The van der Waals surface area contributed by atoms with Gasteiger partial charge in [0.15, 0.2) is 0 Å². The fourth-order valence-corrected chi connectivity index (χ4v) is 1.72. The molecule has 2 aromatic heterocycles. The number of nitrogens with zero attached hydrogens (tertiary/aromatic N) is 2. The topological polar surface area (TPSA) is 51.8 Å². The van der Waals surface area contributed by atoms with Crippen LogP contribution in [0.3, 0.4) is 0 Å². The van der Waals surface area contributed by atoms with Crippen LogP contribution in [0.15, 0.2) is 30.7 Å². The Labute approximate surface area is 99.3 Å². The molecular weight excluding hydrogens is 222 g/mol. The Morgan fingerprint density at radius 3 is 2.88 bits per heavy atom. The molecule has 0 amide bonds. The third-order valence-electron chi connectivity index (χ3n) is 2.38. The summed E-state index contributed by atoms with van der Waals surface area (Å²) < 4.78 is 0. The van der Waals surface area contributed by atoms with E-state index < -0.39 is 0 Å². The third kappa shape index (κ3) is 2.31. The molecule has 0 bridgehead atoms. The van der Waals surface area contributed by atoms with Crippen molar-refractivity contribution in [3.05, 3.63) is 52.4 Å². The summed E-state index contributed by atoms with van der Waals surface area (Å²) in [7, 11) is 0. The maximum atomic E-state index is 6.04. The maximum absolute atomic E-state index is 6.04. The number of hydrogen-bond donors (Lipinski definition) is 1. The van der Waals surface area contributed by atoms with E-state index in [1.165, 1.54) is 0 Å². The van der Waals surface area contributed by atoms with Crippen LogP contribution in [-0.2, 0) is 6.42 Å². The molecule has 2 N–H and O–H groups in total. The van der Waals surface area contributed by atoms with Gasteiger partial charge >= 0.3 is 0 Å². The van der Waals surface area contributed by atoms with Gasteiger partial charge in [-0.05, 0) is 29.7 Å². The standard InChI is InChI=1S/C12H12ClN3/c1-8-4-10(12(14)16-6-8)5-9-2-3-15-7-11(9)13/h2-4,6-7H,5H2,1H3,(H2,14,16). The van der Waals surface area contributed by atoms with E-state index in [-0.39, 0.29) is 0 Å². The summed E-state index contributed by atoms with van der Waals surface area (Å²) >= 11 is 6.04. The molecule has 0 aliphatic rings. The van der Waals surface area contributed by atoms with E-state index >= 15 is 0 Å². The lowest BCUT2D eigenvalue weighted by Gasteiger charge is -2.07. The molecule has 0 aromatic carbocycles. The number of hydrogen-bond acceptors (Lipinski definition) is 3. The summed E-state index contributed by atoms with van der Waals surface area (Å²) in [6.45, 7) is 1.99.